The van der Waals surface area contributed by atoms with E-state index < -0.39 is 11.4 Å². The molecule has 0 bridgehead atoms. The fourth-order valence-corrected chi connectivity index (χ4v) is 10.5. The first-order chi connectivity index (χ1) is 17.4. The molecular formula is C31H41IO5. The van der Waals surface area contributed by atoms with Crippen LogP contribution in [-0.2, 0) is 19.0 Å². The van der Waals surface area contributed by atoms with Crippen LogP contribution in [0.1, 0.15) is 96.3 Å². The summed E-state index contributed by atoms with van der Waals surface area (Å²) in [6.45, 7) is 10.5. The summed E-state index contributed by atoms with van der Waals surface area (Å²) >= 11 is 2.24. The van der Waals surface area contributed by atoms with Crippen molar-refractivity contribution in [3.8, 4) is 0 Å². The summed E-state index contributed by atoms with van der Waals surface area (Å²) < 4.78 is 20.1. The number of Topliss-reactive ketones (excluding diaryl/α,β-unsaturated/α-hetero) is 1. The minimum atomic E-state index is -0.814. The summed E-state index contributed by atoms with van der Waals surface area (Å²) in [5, 5.41) is 0. The molecule has 1 saturated heterocycles. The number of hydrogen-bond donors (Lipinski definition) is 0. The van der Waals surface area contributed by atoms with Gasteiger partial charge in [0.15, 0.2) is 17.2 Å². The zero-order valence-electron chi connectivity index (χ0n) is 22.8. The topological polar surface area (TPSA) is 61.8 Å². The van der Waals surface area contributed by atoms with Crippen molar-refractivity contribution in [2.45, 2.75) is 110 Å². The maximum absolute atomic E-state index is 13.2. The smallest absolute Gasteiger partial charge is 0.338 e. The lowest BCUT2D eigenvalue weighted by Gasteiger charge is -2.61. The van der Waals surface area contributed by atoms with Crippen LogP contribution in [0.15, 0.2) is 24.3 Å². The van der Waals surface area contributed by atoms with E-state index in [1.165, 1.54) is 12.8 Å². The van der Waals surface area contributed by atoms with Crippen LogP contribution in [0, 0.1) is 38.1 Å². The molecule has 6 rings (SSSR count). The van der Waals surface area contributed by atoms with E-state index in [1.54, 1.807) is 6.92 Å². The summed E-state index contributed by atoms with van der Waals surface area (Å²) in [6.07, 6.45) is 8.32. The molecule has 1 aliphatic heterocycles. The molecule has 0 spiro atoms. The first-order valence-corrected chi connectivity index (χ1v) is 15.3. The molecule has 0 radical (unpaired) electrons. The monoisotopic (exact) mass is 620 g/mol. The fourth-order valence-electron chi connectivity index (χ4n) is 9.91. The van der Waals surface area contributed by atoms with Crippen LogP contribution in [0.3, 0.4) is 0 Å². The number of ether oxygens (including phenoxy) is 3. The normalized spacial score (nSPS) is 45.8. The summed E-state index contributed by atoms with van der Waals surface area (Å²) in [5.41, 5.74) is -0.0847. The molecular weight excluding hydrogens is 579 g/mol. The van der Waals surface area contributed by atoms with Crippen LogP contribution < -0.4 is 0 Å². The predicted molar refractivity (Wildman–Crippen MR) is 149 cm³/mol. The molecule has 5 nitrogen and oxygen atoms in total. The highest BCUT2D eigenvalue weighted by Gasteiger charge is 2.75. The Hall–Kier alpha value is -0.990. The molecule has 6 heteroatoms. The molecule has 4 saturated carbocycles. The molecule has 1 aromatic carbocycles. The van der Waals surface area contributed by atoms with E-state index in [-0.39, 0.29) is 34.8 Å². The Kier molecular flexibility index (Phi) is 6.21. The lowest BCUT2D eigenvalue weighted by Crippen LogP contribution is -2.60. The quantitative estimate of drug-likeness (QED) is 0.271. The largest absolute Gasteiger partial charge is 0.459 e. The Bertz CT molecular complexity index is 1120. The number of carbonyl (C=O) groups excluding carboxylic acids is 2. The third kappa shape index (κ3) is 3.81. The highest BCUT2D eigenvalue weighted by molar-refractivity contribution is 14.1. The third-order valence-corrected chi connectivity index (χ3v) is 12.1. The van der Waals surface area contributed by atoms with E-state index in [0.29, 0.717) is 29.2 Å². The van der Waals surface area contributed by atoms with Gasteiger partial charge in [-0.25, -0.2) is 4.79 Å². The van der Waals surface area contributed by atoms with Gasteiger partial charge in [-0.05, 0) is 142 Å². The van der Waals surface area contributed by atoms with Gasteiger partial charge in [-0.3, -0.25) is 4.79 Å². The Morgan fingerprint density at radius 1 is 1.00 bits per heavy atom. The standard InChI is InChI=1S/C31H41IO5/c1-18(33)31-26(36-28(2,3)37-31)17-25-23-10-9-20-16-22(35-27(34)19-7-6-8-21(32)15-19)11-13-29(20,4)24(23)12-14-30(25,31)5/h6-8,15,20,22-26H,9-14,16-17H2,1-5H3/t20-,22-,23-,24+,25+,26-,29+,30+,31-/m1/s1. The predicted octanol–water partition coefficient (Wildman–Crippen LogP) is 6.95. The number of hydrogen-bond acceptors (Lipinski definition) is 5. The van der Waals surface area contributed by atoms with Crippen LogP contribution in [0.5, 0.6) is 0 Å². The molecule has 0 unspecified atom stereocenters. The van der Waals surface area contributed by atoms with Crippen molar-refractivity contribution in [2.24, 2.45) is 34.5 Å². The maximum Gasteiger partial charge on any atom is 0.338 e. The minimum absolute atomic E-state index is 0.00435. The highest BCUT2D eigenvalue weighted by Crippen LogP contribution is 2.71. The molecule has 5 aliphatic rings. The van der Waals surface area contributed by atoms with Gasteiger partial charge in [0, 0.05) is 8.99 Å². The number of carbonyl (C=O) groups is 2. The number of rotatable bonds is 3. The maximum atomic E-state index is 13.2. The summed E-state index contributed by atoms with van der Waals surface area (Å²) in [6, 6.07) is 7.66. The highest BCUT2D eigenvalue weighted by atomic mass is 127. The van der Waals surface area contributed by atoms with Gasteiger partial charge in [0.1, 0.15) is 6.10 Å². The molecule has 1 heterocycles. The van der Waals surface area contributed by atoms with Gasteiger partial charge < -0.3 is 14.2 Å². The average molecular weight is 621 g/mol. The number of benzene rings is 1. The van der Waals surface area contributed by atoms with Crippen molar-refractivity contribution < 1.29 is 23.8 Å². The van der Waals surface area contributed by atoms with Gasteiger partial charge in [0.25, 0.3) is 0 Å². The van der Waals surface area contributed by atoms with Crippen molar-refractivity contribution in [2.75, 3.05) is 0 Å². The van der Waals surface area contributed by atoms with Crippen molar-refractivity contribution >= 4 is 34.3 Å². The molecule has 9 atom stereocenters. The van der Waals surface area contributed by atoms with Gasteiger partial charge in [0.2, 0.25) is 0 Å². The first kappa shape index (κ1) is 26.2. The van der Waals surface area contributed by atoms with E-state index in [2.05, 4.69) is 36.4 Å². The molecule has 0 N–H and O–H groups in total. The summed E-state index contributed by atoms with van der Waals surface area (Å²) in [7, 11) is 0. The average Bonchev–Trinajstić information content (AvgIpc) is 3.25. The summed E-state index contributed by atoms with van der Waals surface area (Å²) in [5.74, 6) is 1.51. The third-order valence-electron chi connectivity index (χ3n) is 11.5. The lowest BCUT2D eigenvalue weighted by molar-refractivity contribution is -0.219. The van der Waals surface area contributed by atoms with Crippen molar-refractivity contribution in [1.29, 1.82) is 0 Å². The van der Waals surface area contributed by atoms with Crippen LogP contribution in [0.4, 0.5) is 0 Å². The molecule has 37 heavy (non-hydrogen) atoms. The zero-order chi connectivity index (χ0) is 26.4. The van der Waals surface area contributed by atoms with Gasteiger partial charge >= 0.3 is 5.97 Å². The van der Waals surface area contributed by atoms with Crippen molar-refractivity contribution in [1.82, 2.24) is 0 Å². The Morgan fingerprint density at radius 3 is 2.51 bits per heavy atom. The van der Waals surface area contributed by atoms with Crippen molar-refractivity contribution in [3.63, 3.8) is 0 Å². The van der Waals surface area contributed by atoms with Crippen LogP contribution in [0.2, 0.25) is 0 Å². The van der Waals surface area contributed by atoms with Gasteiger partial charge in [-0.1, -0.05) is 19.9 Å². The van der Waals surface area contributed by atoms with E-state index in [9.17, 15) is 9.59 Å². The second-order valence-corrected chi connectivity index (χ2v) is 14.8. The van der Waals surface area contributed by atoms with E-state index in [0.717, 1.165) is 42.1 Å². The van der Waals surface area contributed by atoms with Gasteiger partial charge in [0.05, 0.1) is 11.7 Å². The molecule has 202 valence electrons. The molecule has 5 fully saturated rings. The van der Waals surface area contributed by atoms with E-state index >= 15 is 0 Å². The molecule has 1 aromatic rings. The molecule has 0 aromatic heterocycles. The van der Waals surface area contributed by atoms with Crippen LogP contribution in [0.25, 0.3) is 0 Å². The van der Waals surface area contributed by atoms with Crippen LogP contribution >= 0.6 is 22.6 Å². The number of fused-ring (bicyclic) bond motifs is 7. The Labute approximate surface area is 234 Å². The summed E-state index contributed by atoms with van der Waals surface area (Å²) in [4.78, 5) is 26.1. The number of esters is 1. The van der Waals surface area contributed by atoms with Gasteiger partial charge in [-0.15, -0.1) is 0 Å². The Balaban J connectivity index is 1.19. The Morgan fingerprint density at radius 2 is 1.78 bits per heavy atom. The fraction of sp³-hybridized carbons (Fsp3) is 0.742. The second-order valence-electron chi connectivity index (χ2n) is 13.6. The number of ketones is 1. The number of halogens is 1. The van der Waals surface area contributed by atoms with E-state index in [4.69, 9.17) is 14.2 Å². The molecule has 4 aliphatic carbocycles. The van der Waals surface area contributed by atoms with Crippen LogP contribution in [-0.4, -0.2) is 35.3 Å². The van der Waals surface area contributed by atoms with E-state index in [1.807, 2.05) is 38.1 Å². The molecule has 0 amide bonds. The SMILES string of the molecule is CC(=O)[C@@]12OC(C)(C)O[C@@H]1C[C@H]1[C@@H]3CC[C@@H]4C[C@H](OC(=O)c5cccc(I)c5)CC[C@]4(C)[C@H]3CC[C@@]12C. The van der Waals surface area contributed by atoms with Crippen molar-refractivity contribution in [3.05, 3.63) is 33.4 Å². The lowest BCUT2D eigenvalue weighted by atomic mass is 9.44. The minimum Gasteiger partial charge on any atom is -0.459 e. The first-order valence-electron chi connectivity index (χ1n) is 14.3. The van der Waals surface area contributed by atoms with Gasteiger partial charge in [-0.2, -0.15) is 0 Å². The second kappa shape index (κ2) is 8.76. The zero-order valence-corrected chi connectivity index (χ0v) is 25.0.